The summed E-state index contributed by atoms with van der Waals surface area (Å²) < 4.78 is 16.2. The van der Waals surface area contributed by atoms with Crippen molar-refractivity contribution < 1.29 is 9.18 Å². The van der Waals surface area contributed by atoms with Gasteiger partial charge in [-0.15, -0.1) is 0 Å². The van der Waals surface area contributed by atoms with Crippen molar-refractivity contribution in [3.05, 3.63) is 48.3 Å². The highest BCUT2D eigenvalue weighted by Gasteiger charge is 2.31. The molecule has 0 bridgehead atoms. The number of carbonyl (C=O) groups excluding carboxylic acids is 1. The number of likely N-dealkylation sites (tertiary alicyclic amines) is 1. The summed E-state index contributed by atoms with van der Waals surface area (Å²) in [6.45, 7) is 4.64. The van der Waals surface area contributed by atoms with Gasteiger partial charge in [0.05, 0.1) is 18.6 Å². The number of hydrogen-bond donors (Lipinski definition) is 2. The van der Waals surface area contributed by atoms with Crippen LogP contribution in [0.2, 0.25) is 0 Å². The van der Waals surface area contributed by atoms with Crippen molar-refractivity contribution in [3.63, 3.8) is 0 Å². The summed E-state index contributed by atoms with van der Waals surface area (Å²) in [7, 11) is 0. The average molecular weight is 441 g/mol. The molecular formula is C24H33FN6O. The Kier molecular flexibility index (Phi) is 7.39. The molecule has 1 aliphatic heterocycles. The van der Waals surface area contributed by atoms with Gasteiger partial charge in [0.15, 0.2) is 5.96 Å². The summed E-state index contributed by atoms with van der Waals surface area (Å²) in [5.41, 5.74) is 1.26. The molecule has 2 fully saturated rings. The maximum absolute atomic E-state index is 14.5. The summed E-state index contributed by atoms with van der Waals surface area (Å²) in [5.74, 6) is 0.930. The van der Waals surface area contributed by atoms with Crippen molar-refractivity contribution in [2.75, 3.05) is 19.6 Å². The Morgan fingerprint density at radius 3 is 2.81 bits per heavy atom. The Bertz CT molecular complexity index is 923. The van der Waals surface area contributed by atoms with Crippen LogP contribution in [0.5, 0.6) is 0 Å². The summed E-state index contributed by atoms with van der Waals surface area (Å²) in [6, 6.07) is 5.32. The van der Waals surface area contributed by atoms with Crippen LogP contribution in [-0.4, -0.2) is 52.0 Å². The fourth-order valence-electron chi connectivity index (χ4n) is 4.63. The predicted octanol–water partition coefficient (Wildman–Crippen LogP) is 3.25. The molecule has 0 spiro atoms. The number of carbonyl (C=O) groups is 1. The highest BCUT2D eigenvalue weighted by molar-refractivity contribution is 5.81. The normalized spacial score (nSPS) is 19.9. The topological polar surface area (TPSA) is 74.6 Å². The Balaban J connectivity index is 1.34. The number of rotatable bonds is 6. The third-order valence-electron chi connectivity index (χ3n) is 6.35. The number of nitrogens with one attached hydrogen (secondary N) is 2. The van der Waals surface area contributed by atoms with Crippen LogP contribution in [0.1, 0.15) is 51.0 Å². The van der Waals surface area contributed by atoms with Crippen LogP contribution in [0.3, 0.4) is 0 Å². The van der Waals surface area contributed by atoms with E-state index in [0.717, 1.165) is 37.9 Å². The van der Waals surface area contributed by atoms with Gasteiger partial charge in [-0.3, -0.25) is 4.79 Å². The van der Waals surface area contributed by atoms with Crippen LogP contribution in [0.25, 0.3) is 5.69 Å². The van der Waals surface area contributed by atoms with E-state index in [1.807, 2.05) is 17.9 Å². The maximum atomic E-state index is 14.5. The van der Waals surface area contributed by atoms with E-state index < -0.39 is 0 Å². The van der Waals surface area contributed by atoms with Crippen molar-refractivity contribution in [1.29, 1.82) is 0 Å². The number of benzene rings is 1. The second kappa shape index (κ2) is 10.6. The first-order chi connectivity index (χ1) is 15.6. The minimum absolute atomic E-state index is 0.181. The fourth-order valence-corrected chi connectivity index (χ4v) is 4.63. The molecule has 1 aromatic carbocycles. The molecule has 1 unspecified atom stereocenters. The SMILES string of the molecule is CCNC(=NCc1ccc(-n2ccnc2)c(F)c1)NC1CCN(C(=O)C2CCCCC2)C1. The smallest absolute Gasteiger partial charge is 0.225 e. The van der Waals surface area contributed by atoms with Crippen LogP contribution in [0.15, 0.2) is 41.9 Å². The number of nitrogens with zero attached hydrogens (tertiary/aromatic N) is 4. The lowest BCUT2D eigenvalue weighted by Gasteiger charge is -2.26. The summed E-state index contributed by atoms with van der Waals surface area (Å²) in [4.78, 5) is 23.5. The summed E-state index contributed by atoms with van der Waals surface area (Å²) >= 11 is 0. The molecule has 0 radical (unpaired) electrons. The molecule has 4 rings (SSSR count). The average Bonchev–Trinajstić information content (AvgIpc) is 3.50. The van der Waals surface area contributed by atoms with E-state index in [9.17, 15) is 9.18 Å². The first kappa shape index (κ1) is 22.3. The van der Waals surface area contributed by atoms with Crippen LogP contribution in [-0.2, 0) is 11.3 Å². The third-order valence-corrected chi connectivity index (χ3v) is 6.35. The van der Waals surface area contributed by atoms with Gasteiger partial charge in [-0.05, 0) is 43.9 Å². The molecule has 1 amide bonds. The highest BCUT2D eigenvalue weighted by atomic mass is 19.1. The van der Waals surface area contributed by atoms with Gasteiger partial charge in [-0.1, -0.05) is 25.3 Å². The molecule has 1 atom stereocenters. The van der Waals surface area contributed by atoms with E-state index in [1.165, 1.54) is 25.3 Å². The Labute approximate surface area is 189 Å². The Morgan fingerprint density at radius 2 is 2.09 bits per heavy atom. The molecule has 8 heteroatoms. The number of hydrogen-bond acceptors (Lipinski definition) is 3. The zero-order valence-corrected chi connectivity index (χ0v) is 18.8. The van der Waals surface area contributed by atoms with E-state index >= 15 is 0 Å². The van der Waals surface area contributed by atoms with E-state index in [4.69, 9.17) is 0 Å². The fraction of sp³-hybridized carbons (Fsp3) is 0.542. The molecule has 32 heavy (non-hydrogen) atoms. The Morgan fingerprint density at radius 1 is 1.25 bits per heavy atom. The predicted molar refractivity (Wildman–Crippen MR) is 123 cm³/mol. The van der Waals surface area contributed by atoms with E-state index in [0.29, 0.717) is 30.6 Å². The first-order valence-corrected chi connectivity index (χ1v) is 11.7. The van der Waals surface area contributed by atoms with E-state index in [-0.39, 0.29) is 17.8 Å². The summed E-state index contributed by atoms with van der Waals surface area (Å²) in [5, 5.41) is 6.73. The van der Waals surface area contributed by atoms with Gasteiger partial charge < -0.3 is 20.1 Å². The quantitative estimate of drug-likeness (QED) is 0.534. The highest BCUT2D eigenvalue weighted by Crippen LogP contribution is 2.26. The van der Waals surface area contributed by atoms with Crippen molar-refractivity contribution in [1.82, 2.24) is 25.1 Å². The zero-order chi connectivity index (χ0) is 22.3. The maximum Gasteiger partial charge on any atom is 0.225 e. The minimum atomic E-state index is -0.304. The second-order valence-electron chi connectivity index (χ2n) is 8.70. The number of amides is 1. The lowest BCUT2D eigenvalue weighted by atomic mass is 9.88. The standard InChI is InChI=1S/C24H33FN6O/c1-2-27-24(28-15-18-8-9-22(21(25)14-18)31-13-11-26-17-31)29-20-10-12-30(16-20)23(32)19-6-4-3-5-7-19/h8-9,11,13-14,17,19-20H,2-7,10,12,15-16H2,1H3,(H2,27,28,29). The molecular weight excluding hydrogens is 407 g/mol. The van der Waals surface area contributed by atoms with Crippen molar-refractivity contribution >= 4 is 11.9 Å². The van der Waals surface area contributed by atoms with Gasteiger partial charge in [0.25, 0.3) is 0 Å². The van der Waals surface area contributed by atoms with Crippen LogP contribution in [0, 0.1) is 11.7 Å². The number of imidazole rings is 1. The Hall–Kier alpha value is -2.90. The van der Waals surface area contributed by atoms with Gasteiger partial charge in [0, 0.05) is 44.0 Å². The number of aliphatic imine (C=N–C) groups is 1. The van der Waals surface area contributed by atoms with Crippen LogP contribution < -0.4 is 10.6 Å². The van der Waals surface area contributed by atoms with Gasteiger partial charge in [0.1, 0.15) is 5.82 Å². The van der Waals surface area contributed by atoms with Gasteiger partial charge in [-0.2, -0.15) is 0 Å². The number of aromatic nitrogens is 2. The number of halogens is 1. The molecule has 7 nitrogen and oxygen atoms in total. The zero-order valence-electron chi connectivity index (χ0n) is 18.8. The molecule has 2 N–H and O–H groups in total. The lowest BCUT2D eigenvalue weighted by Crippen LogP contribution is -2.45. The largest absolute Gasteiger partial charge is 0.357 e. The van der Waals surface area contributed by atoms with Gasteiger partial charge in [-0.25, -0.2) is 14.4 Å². The van der Waals surface area contributed by atoms with Crippen LogP contribution >= 0.6 is 0 Å². The van der Waals surface area contributed by atoms with Crippen molar-refractivity contribution in [2.45, 2.75) is 58.0 Å². The van der Waals surface area contributed by atoms with E-state index in [2.05, 4.69) is 20.6 Å². The summed E-state index contributed by atoms with van der Waals surface area (Å²) in [6.07, 6.45) is 11.5. The van der Waals surface area contributed by atoms with Gasteiger partial charge in [0.2, 0.25) is 5.91 Å². The molecule has 172 valence electrons. The van der Waals surface area contributed by atoms with Crippen molar-refractivity contribution in [3.8, 4) is 5.69 Å². The first-order valence-electron chi connectivity index (χ1n) is 11.7. The van der Waals surface area contributed by atoms with Crippen LogP contribution in [0.4, 0.5) is 4.39 Å². The third kappa shape index (κ3) is 5.47. The lowest BCUT2D eigenvalue weighted by molar-refractivity contribution is -0.135. The molecule has 1 aliphatic carbocycles. The number of guanidine groups is 1. The minimum Gasteiger partial charge on any atom is -0.357 e. The molecule has 1 saturated carbocycles. The molecule has 1 aromatic heterocycles. The van der Waals surface area contributed by atoms with Crippen molar-refractivity contribution in [2.24, 2.45) is 10.9 Å². The molecule has 2 aliphatic rings. The second-order valence-corrected chi connectivity index (χ2v) is 8.70. The van der Waals surface area contributed by atoms with Gasteiger partial charge >= 0.3 is 0 Å². The monoisotopic (exact) mass is 440 g/mol. The molecule has 2 heterocycles. The van der Waals surface area contributed by atoms with E-state index in [1.54, 1.807) is 29.4 Å². The molecule has 2 aromatic rings. The molecule has 1 saturated heterocycles.